The van der Waals surface area contributed by atoms with Crippen LogP contribution in [0.3, 0.4) is 0 Å². The van der Waals surface area contributed by atoms with Gasteiger partial charge >= 0.3 is 0 Å². The van der Waals surface area contributed by atoms with Crippen LogP contribution < -0.4 is 10.1 Å². The van der Waals surface area contributed by atoms with Crippen molar-refractivity contribution < 1.29 is 14.6 Å². The molecule has 1 aromatic rings. The number of benzene rings is 1. The molecule has 0 bridgehead atoms. The third-order valence-electron chi connectivity index (χ3n) is 2.56. The fourth-order valence-electron chi connectivity index (χ4n) is 1.38. The average Bonchev–Trinajstić information content (AvgIpc) is 2.42. The molecule has 0 spiro atoms. The zero-order valence-electron chi connectivity index (χ0n) is 11.0. The Morgan fingerprint density at radius 3 is 2.56 bits per heavy atom. The molecule has 0 aliphatic heterocycles. The van der Waals surface area contributed by atoms with Crippen molar-refractivity contribution in [3.05, 3.63) is 29.8 Å². The molecular formula is C14H21NO3. The summed E-state index contributed by atoms with van der Waals surface area (Å²) in [6.07, 6.45) is 1.10. The van der Waals surface area contributed by atoms with Gasteiger partial charge in [-0.1, -0.05) is 13.8 Å². The summed E-state index contributed by atoms with van der Waals surface area (Å²) < 4.78 is 5.43. The van der Waals surface area contributed by atoms with E-state index in [2.05, 4.69) is 5.32 Å². The van der Waals surface area contributed by atoms with Gasteiger partial charge in [-0.2, -0.15) is 0 Å². The van der Waals surface area contributed by atoms with Crippen LogP contribution in [0.2, 0.25) is 0 Å². The fourth-order valence-corrected chi connectivity index (χ4v) is 1.38. The second-order valence-electron chi connectivity index (χ2n) is 4.14. The van der Waals surface area contributed by atoms with Crippen LogP contribution in [0, 0.1) is 0 Å². The van der Waals surface area contributed by atoms with E-state index < -0.39 is 6.10 Å². The highest BCUT2D eigenvalue weighted by molar-refractivity contribution is 5.94. The van der Waals surface area contributed by atoms with Gasteiger partial charge in [0.1, 0.15) is 5.75 Å². The first-order chi connectivity index (χ1) is 8.67. The average molecular weight is 251 g/mol. The minimum atomic E-state index is -0.485. The molecule has 0 saturated carbocycles. The Morgan fingerprint density at radius 2 is 2.00 bits per heavy atom. The Balaban J connectivity index is 2.48. The maximum Gasteiger partial charge on any atom is 0.251 e. The number of aliphatic hydroxyl groups is 1. The molecule has 0 saturated heterocycles. The van der Waals surface area contributed by atoms with Gasteiger partial charge in [-0.15, -0.1) is 0 Å². The molecule has 0 aliphatic rings. The van der Waals surface area contributed by atoms with Gasteiger partial charge in [-0.3, -0.25) is 4.79 Å². The first-order valence-corrected chi connectivity index (χ1v) is 6.36. The molecule has 1 atom stereocenters. The van der Waals surface area contributed by atoms with E-state index in [0.29, 0.717) is 18.6 Å². The SMILES string of the molecule is CCCOc1ccc(C(=O)NCC(O)CC)cc1. The Labute approximate surface area is 108 Å². The van der Waals surface area contributed by atoms with Gasteiger partial charge in [0.2, 0.25) is 0 Å². The number of amides is 1. The highest BCUT2D eigenvalue weighted by Crippen LogP contribution is 2.12. The summed E-state index contributed by atoms with van der Waals surface area (Å²) >= 11 is 0. The van der Waals surface area contributed by atoms with Crippen molar-refractivity contribution in [1.82, 2.24) is 5.32 Å². The molecule has 1 amide bonds. The van der Waals surface area contributed by atoms with Crippen molar-refractivity contribution in [3.63, 3.8) is 0 Å². The molecule has 4 nitrogen and oxygen atoms in total. The lowest BCUT2D eigenvalue weighted by molar-refractivity contribution is 0.0914. The zero-order valence-corrected chi connectivity index (χ0v) is 11.0. The normalized spacial score (nSPS) is 11.9. The number of nitrogens with one attached hydrogen (secondary N) is 1. The molecule has 1 unspecified atom stereocenters. The van der Waals surface area contributed by atoms with Crippen molar-refractivity contribution in [2.24, 2.45) is 0 Å². The molecule has 100 valence electrons. The molecule has 0 aliphatic carbocycles. The maximum atomic E-state index is 11.7. The molecule has 18 heavy (non-hydrogen) atoms. The third-order valence-corrected chi connectivity index (χ3v) is 2.56. The predicted octanol–water partition coefficient (Wildman–Crippen LogP) is 1.98. The second kappa shape index (κ2) is 7.71. The lowest BCUT2D eigenvalue weighted by Crippen LogP contribution is -2.31. The van der Waals surface area contributed by atoms with Crippen molar-refractivity contribution in [2.75, 3.05) is 13.2 Å². The third kappa shape index (κ3) is 4.75. The van der Waals surface area contributed by atoms with Crippen molar-refractivity contribution >= 4 is 5.91 Å². The Morgan fingerprint density at radius 1 is 1.33 bits per heavy atom. The van der Waals surface area contributed by atoms with Crippen LogP contribution in [0.25, 0.3) is 0 Å². The Hall–Kier alpha value is -1.55. The molecule has 1 rings (SSSR count). The van der Waals surface area contributed by atoms with E-state index in [1.165, 1.54) is 0 Å². The number of aliphatic hydroxyl groups excluding tert-OH is 1. The van der Waals surface area contributed by atoms with Crippen molar-refractivity contribution in [2.45, 2.75) is 32.8 Å². The zero-order chi connectivity index (χ0) is 13.4. The van der Waals surface area contributed by atoms with E-state index >= 15 is 0 Å². The summed E-state index contributed by atoms with van der Waals surface area (Å²) in [6.45, 7) is 4.87. The fraction of sp³-hybridized carbons (Fsp3) is 0.500. The predicted molar refractivity (Wildman–Crippen MR) is 70.9 cm³/mol. The highest BCUT2D eigenvalue weighted by Gasteiger charge is 2.07. The highest BCUT2D eigenvalue weighted by atomic mass is 16.5. The number of hydrogen-bond acceptors (Lipinski definition) is 3. The standard InChI is InChI=1S/C14H21NO3/c1-3-9-18-13-7-5-11(6-8-13)14(17)15-10-12(16)4-2/h5-8,12,16H,3-4,9-10H2,1-2H3,(H,15,17). The number of carbonyl (C=O) groups excluding carboxylic acids is 1. The van der Waals surface area contributed by atoms with Crippen LogP contribution in [0.4, 0.5) is 0 Å². The lowest BCUT2D eigenvalue weighted by Gasteiger charge is -2.10. The van der Waals surface area contributed by atoms with E-state index in [0.717, 1.165) is 12.2 Å². The second-order valence-corrected chi connectivity index (χ2v) is 4.14. The van der Waals surface area contributed by atoms with Gasteiger partial charge in [-0.05, 0) is 37.1 Å². The van der Waals surface area contributed by atoms with Gasteiger partial charge in [0.15, 0.2) is 0 Å². The molecule has 4 heteroatoms. The molecular weight excluding hydrogens is 230 g/mol. The van der Waals surface area contributed by atoms with Gasteiger partial charge in [0.25, 0.3) is 5.91 Å². The van der Waals surface area contributed by atoms with Crippen LogP contribution in [-0.4, -0.2) is 30.3 Å². The first kappa shape index (κ1) is 14.5. The summed E-state index contributed by atoms with van der Waals surface area (Å²) in [5.74, 6) is 0.589. The molecule has 0 fully saturated rings. The van der Waals surface area contributed by atoms with Crippen molar-refractivity contribution in [1.29, 1.82) is 0 Å². The van der Waals surface area contributed by atoms with E-state index in [1.54, 1.807) is 24.3 Å². The first-order valence-electron chi connectivity index (χ1n) is 6.36. The van der Waals surface area contributed by atoms with Crippen LogP contribution in [0.5, 0.6) is 5.75 Å². The van der Waals surface area contributed by atoms with E-state index in [-0.39, 0.29) is 12.5 Å². The monoisotopic (exact) mass is 251 g/mol. The van der Waals surface area contributed by atoms with Gasteiger partial charge in [0, 0.05) is 12.1 Å². The number of ether oxygens (including phenoxy) is 1. The summed E-state index contributed by atoms with van der Waals surface area (Å²) in [4.78, 5) is 11.7. The van der Waals surface area contributed by atoms with Gasteiger partial charge in [0.05, 0.1) is 12.7 Å². The summed E-state index contributed by atoms with van der Waals surface area (Å²) in [5.41, 5.74) is 0.571. The Bertz CT molecular complexity index is 362. The molecule has 2 N–H and O–H groups in total. The largest absolute Gasteiger partial charge is 0.494 e. The maximum absolute atomic E-state index is 11.7. The number of rotatable bonds is 7. The van der Waals surface area contributed by atoms with Crippen LogP contribution >= 0.6 is 0 Å². The topological polar surface area (TPSA) is 58.6 Å². The lowest BCUT2D eigenvalue weighted by atomic mass is 10.2. The smallest absolute Gasteiger partial charge is 0.251 e. The van der Waals surface area contributed by atoms with Gasteiger partial charge in [-0.25, -0.2) is 0 Å². The molecule has 0 aromatic heterocycles. The van der Waals surface area contributed by atoms with Gasteiger partial charge < -0.3 is 15.2 Å². The molecule has 0 heterocycles. The van der Waals surface area contributed by atoms with Crippen LogP contribution in [0.15, 0.2) is 24.3 Å². The minimum Gasteiger partial charge on any atom is -0.494 e. The quantitative estimate of drug-likeness (QED) is 0.779. The molecule has 0 radical (unpaired) electrons. The molecule has 1 aromatic carbocycles. The Kier molecular flexibility index (Phi) is 6.22. The summed E-state index contributed by atoms with van der Waals surface area (Å²) in [5, 5.41) is 12.0. The van der Waals surface area contributed by atoms with Crippen molar-refractivity contribution in [3.8, 4) is 5.75 Å². The van der Waals surface area contributed by atoms with Crippen LogP contribution in [0.1, 0.15) is 37.0 Å². The summed E-state index contributed by atoms with van der Waals surface area (Å²) in [6, 6.07) is 7.00. The van der Waals surface area contributed by atoms with E-state index in [9.17, 15) is 9.90 Å². The number of hydrogen-bond donors (Lipinski definition) is 2. The van der Waals surface area contributed by atoms with Crippen LogP contribution in [-0.2, 0) is 0 Å². The van der Waals surface area contributed by atoms with E-state index in [1.807, 2.05) is 13.8 Å². The summed E-state index contributed by atoms with van der Waals surface area (Å²) in [7, 11) is 0. The number of carbonyl (C=O) groups is 1. The minimum absolute atomic E-state index is 0.176. The van der Waals surface area contributed by atoms with E-state index in [4.69, 9.17) is 4.74 Å².